The quantitative estimate of drug-likeness (QED) is 0.292. The number of hydrogen-bond donors (Lipinski definition) is 0. The lowest BCUT2D eigenvalue weighted by atomic mass is 10.0. The monoisotopic (exact) mass is 494 g/mol. The van der Waals surface area contributed by atoms with Crippen LogP contribution in [0.15, 0.2) is 52.5 Å². The van der Waals surface area contributed by atoms with Crippen LogP contribution in [0.4, 0.5) is 0 Å². The Labute approximate surface area is 205 Å². The molecule has 1 amide bonds. The van der Waals surface area contributed by atoms with E-state index in [1.54, 1.807) is 17.9 Å². The molecule has 1 aromatic carbocycles. The number of carbonyl (C=O) groups is 1. The first-order valence-corrected chi connectivity index (χ1v) is 13.1. The number of aromatic nitrogens is 3. The first-order chi connectivity index (χ1) is 16.5. The fraction of sp³-hybridized carbons (Fsp3) is 0.360. The van der Waals surface area contributed by atoms with Crippen molar-refractivity contribution in [2.45, 2.75) is 31.5 Å². The van der Waals surface area contributed by atoms with Gasteiger partial charge in [0.1, 0.15) is 15.3 Å². The highest BCUT2D eigenvalue weighted by Crippen LogP contribution is 2.31. The molecule has 3 aromatic heterocycles. The van der Waals surface area contributed by atoms with Gasteiger partial charge in [0.2, 0.25) is 5.91 Å². The number of pyridine rings is 1. The Hall–Kier alpha value is -2.91. The van der Waals surface area contributed by atoms with Gasteiger partial charge in [-0.15, -0.1) is 11.3 Å². The van der Waals surface area contributed by atoms with Crippen LogP contribution < -0.4 is 10.3 Å². The van der Waals surface area contributed by atoms with E-state index in [4.69, 9.17) is 9.72 Å². The van der Waals surface area contributed by atoms with Crippen LogP contribution in [0.2, 0.25) is 0 Å². The third kappa shape index (κ3) is 4.54. The number of rotatable bonds is 6. The maximum absolute atomic E-state index is 13.6. The number of fused-ring (bicyclic) bond motifs is 3. The second-order valence-corrected chi connectivity index (χ2v) is 10.6. The van der Waals surface area contributed by atoms with Crippen LogP contribution in [0.5, 0.6) is 5.75 Å². The molecule has 0 radical (unpaired) electrons. The summed E-state index contributed by atoms with van der Waals surface area (Å²) in [5.74, 6) is 1.64. The normalized spacial score (nSPS) is 16.3. The van der Waals surface area contributed by atoms with Crippen LogP contribution in [0.1, 0.15) is 25.3 Å². The minimum absolute atomic E-state index is 0.0961. The first-order valence-electron chi connectivity index (χ1n) is 11.3. The molecule has 0 N–H and O–H groups in total. The molecular formula is C25H26N4O3S2. The number of thiophene rings is 1. The van der Waals surface area contributed by atoms with Crippen molar-refractivity contribution in [3.05, 3.63) is 58.5 Å². The molecule has 0 spiro atoms. The molecule has 4 aromatic rings. The number of methoxy groups -OCH3 is 1. The summed E-state index contributed by atoms with van der Waals surface area (Å²) >= 11 is 2.70. The Bertz CT molecular complexity index is 1400. The lowest BCUT2D eigenvalue weighted by Crippen LogP contribution is -2.40. The molecule has 34 heavy (non-hydrogen) atoms. The van der Waals surface area contributed by atoms with Gasteiger partial charge in [-0.05, 0) is 48.6 Å². The van der Waals surface area contributed by atoms with Crippen molar-refractivity contribution >= 4 is 49.4 Å². The number of nitrogens with zero attached hydrogens (tertiary/aromatic N) is 4. The number of likely N-dealkylation sites (tertiary alicyclic amines) is 1. The Kier molecular flexibility index (Phi) is 6.56. The molecule has 1 aliphatic heterocycles. The van der Waals surface area contributed by atoms with E-state index >= 15 is 0 Å². The molecule has 1 fully saturated rings. The zero-order valence-electron chi connectivity index (χ0n) is 19.2. The van der Waals surface area contributed by atoms with Crippen molar-refractivity contribution in [3.63, 3.8) is 0 Å². The Morgan fingerprint density at radius 1 is 1.26 bits per heavy atom. The van der Waals surface area contributed by atoms with E-state index in [0.717, 1.165) is 47.5 Å². The van der Waals surface area contributed by atoms with E-state index in [2.05, 4.69) is 11.9 Å². The van der Waals surface area contributed by atoms with Crippen molar-refractivity contribution in [1.29, 1.82) is 0 Å². The summed E-state index contributed by atoms with van der Waals surface area (Å²) in [6.45, 7) is 4.15. The third-order valence-corrected chi connectivity index (χ3v) is 8.20. The molecule has 1 aliphatic rings. The second kappa shape index (κ2) is 9.76. The Morgan fingerprint density at radius 3 is 2.85 bits per heavy atom. The van der Waals surface area contributed by atoms with Gasteiger partial charge in [0.15, 0.2) is 5.16 Å². The van der Waals surface area contributed by atoms with Crippen LogP contribution >= 0.6 is 23.1 Å². The van der Waals surface area contributed by atoms with E-state index in [1.807, 2.05) is 41.3 Å². The van der Waals surface area contributed by atoms with Gasteiger partial charge in [0.05, 0.1) is 24.9 Å². The summed E-state index contributed by atoms with van der Waals surface area (Å²) in [7, 11) is 1.63. The van der Waals surface area contributed by atoms with Crippen LogP contribution in [0.3, 0.4) is 0 Å². The van der Waals surface area contributed by atoms with E-state index < -0.39 is 0 Å². The predicted octanol–water partition coefficient (Wildman–Crippen LogP) is 4.41. The van der Waals surface area contributed by atoms with E-state index in [9.17, 15) is 9.59 Å². The number of carbonyl (C=O) groups excluding carboxylic acids is 1. The molecule has 1 saturated heterocycles. The van der Waals surface area contributed by atoms with E-state index in [-0.39, 0.29) is 17.2 Å². The van der Waals surface area contributed by atoms with Gasteiger partial charge in [0, 0.05) is 24.7 Å². The lowest BCUT2D eigenvalue weighted by Gasteiger charge is -2.30. The molecule has 4 heterocycles. The van der Waals surface area contributed by atoms with Crippen LogP contribution in [-0.4, -0.2) is 51.3 Å². The Balaban J connectivity index is 1.51. The molecule has 0 aliphatic carbocycles. The molecular weight excluding hydrogens is 468 g/mol. The summed E-state index contributed by atoms with van der Waals surface area (Å²) in [6, 6.07) is 11.4. The predicted molar refractivity (Wildman–Crippen MR) is 137 cm³/mol. The molecule has 0 bridgehead atoms. The Morgan fingerprint density at radius 2 is 2.09 bits per heavy atom. The van der Waals surface area contributed by atoms with E-state index in [0.29, 0.717) is 27.8 Å². The number of hydrogen-bond acceptors (Lipinski definition) is 7. The van der Waals surface area contributed by atoms with Crippen molar-refractivity contribution < 1.29 is 9.53 Å². The lowest BCUT2D eigenvalue weighted by molar-refractivity contribution is -0.130. The highest BCUT2D eigenvalue weighted by Gasteiger charge is 2.23. The highest BCUT2D eigenvalue weighted by molar-refractivity contribution is 7.99. The number of ether oxygens (including phenoxy) is 1. The average Bonchev–Trinajstić information content (AvgIpc) is 3.24. The largest absolute Gasteiger partial charge is 0.497 e. The van der Waals surface area contributed by atoms with Gasteiger partial charge in [-0.25, -0.2) is 9.97 Å². The number of amides is 1. The zero-order chi connectivity index (χ0) is 23.7. The number of benzene rings is 1. The molecule has 9 heteroatoms. The SMILES string of the molecule is COc1ccc(Cn2c(SCC(=O)N3CCC[C@@H](C)C3)nc3c(sc4ncccc43)c2=O)cc1. The van der Waals surface area contributed by atoms with Crippen molar-refractivity contribution in [2.24, 2.45) is 5.92 Å². The molecule has 7 nitrogen and oxygen atoms in total. The third-order valence-electron chi connectivity index (χ3n) is 6.15. The smallest absolute Gasteiger partial charge is 0.272 e. The zero-order valence-corrected chi connectivity index (χ0v) is 20.8. The fourth-order valence-electron chi connectivity index (χ4n) is 4.34. The van der Waals surface area contributed by atoms with Crippen molar-refractivity contribution in [1.82, 2.24) is 19.4 Å². The second-order valence-electron chi connectivity index (χ2n) is 8.65. The highest BCUT2D eigenvalue weighted by atomic mass is 32.2. The number of piperidine rings is 1. The minimum Gasteiger partial charge on any atom is -0.497 e. The van der Waals surface area contributed by atoms with Crippen LogP contribution in [0, 0.1) is 5.92 Å². The summed E-state index contributed by atoms with van der Waals surface area (Å²) in [6.07, 6.45) is 3.93. The fourth-order valence-corrected chi connectivity index (χ4v) is 6.26. The average molecular weight is 495 g/mol. The first kappa shape index (κ1) is 22.9. The van der Waals surface area contributed by atoms with Gasteiger partial charge in [-0.2, -0.15) is 0 Å². The molecule has 0 saturated carbocycles. The summed E-state index contributed by atoms with van der Waals surface area (Å²) in [4.78, 5) is 38.6. The standard InChI is InChI=1S/C25H26N4O3S2/c1-16-5-4-12-28(13-16)20(30)15-33-25-27-21-19-6-3-11-26-23(19)34-22(21)24(31)29(25)14-17-7-9-18(32-2)10-8-17/h3,6-11,16H,4-5,12-15H2,1-2H3/t16-/m1/s1. The van der Waals surface area contributed by atoms with Crippen molar-refractivity contribution in [3.8, 4) is 5.75 Å². The van der Waals surface area contributed by atoms with Gasteiger partial charge >= 0.3 is 0 Å². The topological polar surface area (TPSA) is 77.3 Å². The molecule has 176 valence electrons. The molecule has 0 unspecified atom stereocenters. The maximum Gasteiger partial charge on any atom is 0.272 e. The van der Waals surface area contributed by atoms with Gasteiger partial charge in [-0.3, -0.25) is 14.2 Å². The maximum atomic E-state index is 13.6. The molecule has 5 rings (SSSR count). The van der Waals surface area contributed by atoms with Gasteiger partial charge in [0.25, 0.3) is 5.56 Å². The van der Waals surface area contributed by atoms with Crippen LogP contribution in [-0.2, 0) is 11.3 Å². The summed E-state index contributed by atoms with van der Waals surface area (Å²) in [5.41, 5.74) is 1.51. The van der Waals surface area contributed by atoms with E-state index in [1.165, 1.54) is 23.1 Å². The number of thioether (sulfide) groups is 1. The molecule has 1 atom stereocenters. The van der Waals surface area contributed by atoms with Crippen molar-refractivity contribution in [2.75, 3.05) is 26.0 Å². The minimum atomic E-state index is -0.106. The van der Waals surface area contributed by atoms with Crippen LogP contribution in [0.25, 0.3) is 20.4 Å². The summed E-state index contributed by atoms with van der Waals surface area (Å²) in [5, 5.41) is 1.42. The summed E-state index contributed by atoms with van der Waals surface area (Å²) < 4.78 is 7.52. The van der Waals surface area contributed by atoms with Gasteiger partial charge < -0.3 is 9.64 Å². The van der Waals surface area contributed by atoms with Gasteiger partial charge in [-0.1, -0.05) is 30.8 Å².